The highest BCUT2D eigenvalue weighted by Gasteiger charge is 2.35. The molecule has 37 heavy (non-hydrogen) atoms. The average molecular weight is 515 g/mol. The highest BCUT2D eigenvalue weighted by molar-refractivity contribution is 5.86. The summed E-state index contributed by atoms with van der Waals surface area (Å²) in [4.78, 5) is 28.7. The van der Waals surface area contributed by atoms with Crippen molar-refractivity contribution in [2.24, 2.45) is 17.8 Å². The molecule has 1 aromatic heterocycles. The zero-order valence-electron chi connectivity index (χ0n) is 23.2. The summed E-state index contributed by atoms with van der Waals surface area (Å²) in [5.41, 5.74) is 2.30. The van der Waals surface area contributed by atoms with Gasteiger partial charge in [0.1, 0.15) is 0 Å². The average Bonchev–Trinajstić information content (AvgIpc) is 3.23. The Morgan fingerprint density at radius 2 is 1.92 bits per heavy atom. The van der Waals surface area contributed by atoms with Crippen LogP contribution in [0.15, 0.2) is 30.5 Å². The Balaban J connectivity index is 1.72. The number of benzene rings is 1. The van der Waals surface area contributed by atoms with Crippen LogP contribution in [0.5, 0.6) is 0 Å². The maximum absolute atomic E-state index is 13.8. The molecule has 3 rings (SSSR count). The molecule has 0 aliphatic carbocycles. The molecule has 2 heterocycles. The number of nitrogens with one attached hydrogen (secondary N) is 2. The van der Waals surface area contributed by atoms with Crippen LogP contribution >= 0.6 is 0 Å². The number of amides is 2. The monoisotopic (exact) mass is 514 g/mol. The summed E-state index contributed by atoms with van der Waals surface area (Å²) in [6, 6.07) is 8.11. The zero-order valence-corrected chi connectivity index (χ0v) is 23.2. The van der Waals surface area contributed by atoms with Crippen LogP contribution in [-0.2, 0) is 27.4 Å². The summed E-state index contributed by atoms with van der Waals surface area (Å²) in [6.07, 6.45) is 4.33. The van der Waals surface area contributed by atoms with E-state index in [1.807, 2.05) is 30.9 Å². The first-order valence-corrected chi connectivity index (χ1v) is 13.7. The second kappa shape index (κ2) is 13.9. The fourth-order valence-electron chi connectivity index (χ4n) is 5.34. The fourth-order valence-corrected chi connectivity index (χ4v) is 5.34. The van der Waals surface area contributed by atoms with Gasteiger partial charge >= 0.3 is 0 Å². The van der Waals surface area contributed by atoms with Gasteiger partial charge in [0.05, 0.1) is 24.5 Å². The SMILES string of the molecule is COCCCn1cc(CN(C(=O)[C@H]2CNC[C@@H](C(=O)NC(CO)CC(C)C)C2)C(C)C)c2ccccc21. The van der Waals surface area contributed by atoms with Gasteiger partial charge < -0.3 is 29.9 Å². The number of rotatable bonds is 13. The predicted octanol–water partition coefficient (Wildman–Crippen LogP) is 3.16. The molecule has 3 N–H and O–H groups in total. The number of fused-ring (bicyclic) bond motifs is 1. The van der Waals surface area contributed by atoms with E-state index >= 15 is 0 Å². The maximum Gasteiger partial charge on any atom is 0.227 e. The zero-order chi connectivity index (χ0) is 26.9. The Labute approximate surface area is 221 Å². The molecule has 1 aliphatic heterocycles. The molecule has 206 valence electrons. The van der Waals surface area contributed by atoms with Crippen LogP contribution in [0.4, 0.5) is 0 Å². The van der Waals surface area contributed by atoms with Crippen molar-refractivity contribution in [3.8, 4) is 0 Å². The number of nitrogens with zero attached hydrogens (tertiary/aromatic N) is 2. The lowest BCUT2D eigenvalue weighted by atomic mass is 9.88. The van der Waals surface area contributed by atoms with Crippen molar-refractivity contribution in [1.29, 1.82) is 0 Å². The minimum absolute atomic E-state index is 0.0297. The molecule has 8 heteroatoms. The molecule has 2 aromatic rings. The molecular formula is C29H46N4O4. The molecule has 1 fully saturated rings. The summed E-state index contributed by atoms with van der Waals surface area (Å²) in [7, 11) is 1.72. The van der Waals surface area contributed by atoms with E-state index in [1.165, 1.54) is 5.52 Å². The minimum Gasteiger partial charge on any atom is -0.394 e. The van der Waals surface area contributed by atoms with Crippen LogP contribution in [0.2, 0.25) is 0 Å². The quantitative estimate of drug-likeness (QED) is 0.357. The van der Waals surface area contributed by atoms with Crippen molar-refractivity contribution in [2.75, 3.05) is 33.4 Å². The van der Waals surface area contributed by atoms with E-state index in [4.69, 9.17) is 4.74 Å². The number of aliphatic hydroxyl groups excluding tert-OH is 1. The van der Waals surface area contributed by atoms with Crippen molar-refractivity contribution in [1.82, 2.24) is 20.1 Å². The van der Waals surface area contributed by atoms with E-state index in [2.05, 4.69) is 47.4 Å². The van der Waals surface area contributed by atoms with Crippen LogP contribution in [0.25, 0.3) is 10.9 Å². The van der Waals surface area contributed by atoms with Gasteiger partial charge in [-0.2, -0.15) is 0 Å². The topological polar surface area (TPSA) is 95.8 Å². The lowest BCUT2D eigenvalue weighted by Gasteiger charge is -2.35. The van der Waals surface area contributed by atoms with E-state index in [0.717, 1.165) is 30.3 Å². The molecule has 1 aliphatic rings. The van der Waals surface area contributed by atoms with Crippen molar-refractivity contribution < 1.29 is 19.4 Å². The molecule has 3 atom stereocenters. The van der Waals surface area contributed by atoms with Crippen LogP contribution < -0.4 is 10.6 Å². The number of aryl methyl sites for hydroxylation is 1. The first-order valence-electron chi connectivity index (χ1n) is 13.7. The van der Waals surface area contributed by atoms with E-state index in [0.29, 0.717) is 38.6 Å². The molecule has 0 radical (unpaired) electrons. The van der Waals surface area contributed by atoms with Gasteiger partial charge in [-0.1, -0.05) is 32.0 Å². The van der Waals surface area contributed by atoms with Gasteiger partial charge in [-0.15, -0.1) is 0 Å². The Kier molecular flexibility index (Phi) is 11.0. The molecule has 0 spiro atoms. The van der Waals surface area contributed by atoms with Crippen molar-refractivity contribution in [2.45, 2.75) is 72.1 Å². The van der Waals surface area contributed by atoms with E-state index < -0.39 is 0 Å². The number of hydrogen-bond acceptors (Lipinski definition) is 5. The van der Waals surface area contributed by atoms with Gasteiger partial charge in [0.15, 0.2) is 0 Å². The number of para-hydroxylation sites is 1. The van der Waals surface area contributed by atoms with Crippen LogP contribution in [0, 0.1) is 17.8 Å². The van der Waals surface area contributed by atoms with Crippen molar-refractivity contribution in [3.63, 3.8) is 0 Å². The highest BCUT2D eigenvalue weighted by Crippen LogP contribution is 2.26. The normalized spacial score (nSPS) is 18.9. The number of methoxy groups -OCH3 is 1. The fraction of sp³-hybridized carbons (Fsp3) is 0.655. The Morgan fingerprint density at radius 3 is 2.59 bits per heavy atom. The standard InChI is InChI=1S/C29H46N4O4/c1-20(2)13-25(19-34)31-28(35)22-14-23(16-30-15-22)29(36)33(21(3)4)18-24-17-32(11-8-12-37-5)27-10-7-6-9-26(24)27/h6-7,9-10,17,20-23,25,30,34H,8,11-16,18-19H2,1-5H3,(H,31,35)/t22-,23+,25?/m0/s1. The molecule has 2 amide bonds. The molecule has 1 unspecified atom stereocenters. The summed E-state index contributed by atoms with van der Waals surface area (Å²) >= 11 is 0. The number of hydrogen-bond donors (Lipinski definition) is 3. The van der Waals surface area contributed by atoms with E-state index in [9.17, 15) is 14.7 Å². The van der Waals surface area contributed by atoms with Gasteiger partial charge in [0, 0.05) is 63.0 Å². The minimum atomic E-state index is -0.291. The number of carbonyl (C=O) groups excluding carboxylic acids is 2. The lowest BCUT2D eigenvalue weighted by Crippen LogP contribution is -2.52. The van der Waals surface area contributed by atoms with E-state index in [-0.39, 0.29) is 42.3 Å². The largest absolute Gasteiger partial charge is 0.394 e. The third-order valence-corrected chi connectivity index (χ3v) is 7.26. The Bertz CT molecular complexity index is 1020. The summed E-state index contributed by atoms with van der Waals surface area (Å²) in [5, 5.41) is 17.1. The molecule has 1 saturated heterocycles. The summed E-state index contributed by atoms with van der Waals surface area (Å²) in [6.45, 7) is 11.4. The molecular weight excluding hydrogens is 468 g/mol. The van der Waals surface area contributed by atoms with Gasteiger partial charge in [0.25, 0.3) is 0 Å². The van der Waals surface area contributed by atoms with Crippen LogP contribution in [0.1, 0.15) is 52.5 Å². The van der Waals surface area contributed by atoms with Crippen molar-refractivity contribution in [3.05, 3.63) is 36.0 Å². The van der Waals surface area contributed by atoms with Gasteiger partial charge in [0.2, 0.25) is 11.8 Å². The van der Waals surface area contributed by atoms with Crippen LogP contribution in [0.3, 0.4) is 0 Å². The number of carbonyl (C=O) groups is 2. The Morgan fingerprint density at radius 1 is 1.19 bits per heavy atom. The second-order valence-electron chi connectivity index (χ2n) is 11.1. The first-order chi connectivity index (χ1) is 17.7. The highest BCUT2D eigenvalue weighted by atomic mass is 16.5. The van der Waals surface area contributed by atoms with Gasteiger partial charge in [-0.25, -0.2) is 0 Å². The second-order valence-corrected chi connectivity index (χ2v) is 11.1. The number of aromatic nitrogens is 1. The van der Waals surface area contributed by atoms with Gasteiger partial charge in [-0.3, -0.25) is 9.59 Å². The lowest BCUT2D eigenvalue weighted by molar-refractivity contribution is -0.140. The number of aliphatic hydroxyl groups is 1. The molecule has 1 aromatic carbocycles. The van der Waals surface area contributed by atoms with Crippen LogP contribution in [-0.4, -0.2) is 71.9 Å². The predicted molar refractivity (Wildman–Crippen MR) is 147 cm³/mol. The molecule has 8 nitrogen and oxygen atoms in total. The smallest absolute Gasteiger partial charge is 0.227 e. The summed E-state index contributed by atoms with van der Waals surface area (Å²) in [5.74, 6) is -0.181. The Hall–Kier alpha value is -2.42. The third kappa shape index (κ3) is 7.79. The maximum atomic E-state index is 13.8. The number of ether oxygens (including phenoxy) is 1. The van der Waals surface area contributed by atoms with E-state index in [1.54, 1.807) is 7.11 Å². The molecule has 0 bridgehead atoms. The molecule has 0 saturated carbocycles. The number of piperidine rings is 1. The summed E-state index contributed by atoms with van der Waals surface area (Å²) < 4.78 is 7.49. The van der Waals surface area contributed by atoms with Crippen molar-refractivity contribution >= 4 is 22.7 Å². The first kappa shape index (κ1) is 29.1. The third-order valence-electron chi connectivity index (χ3n) is 7.26. The van der Waals surface area contributed by atoms with Gasteiger partial charge in [-0.05, 0) is 50.7 Å².